The van der Waals surface area contributed by atoms with Crippen LogP contribution in [0.2, 0.25) is 0 Å². The van der Waals surface area contributed by atoms with Crippen LogP contribution in [-0.4, -0.2) is 33.4 Å². The molecule has 2 aromatic carbocycles. The van der Waals surface area contributed by atoms with Gasteiger partial charge in [-0.2, -0.15) is 5.26 Å². The molecule has 2 aromatic rings. The molecule has 0 spiro atoms. The van der Waals surface area contributed by atoms with Crippen LogP contribution < -0.4 is 4.74 Å². The summed E-state index contributed by atoms with van der Waals surface area (Å²) in [5.74, 6) is 0.605. The van der Waals surface area contributed by atoms with Crippen LogP contribution in [0, 0.1) is 11.3 Å². The Morgan fingerprint density at radius 2 is 1.79 bits per heavy atom. The zero-order valence-electron chi connectivity index (χ0n) is 16.9. The van der Waals surface area contributed by atoms with Crippen LogP contribution in [-0.2, 0) is 26.6 Å². The Hall–Kier alpha value is -3.11. The lowest BCUT2D eigenvalue weighted by Crippen LogP contribution is -2.41. The molecule has 152 valence electrons. The first-order valence-electron chi connectivity index (χ1n) is 8.92. The number of carbonyl (C=O) groups is 1. The van der Waals surface area contributed by atoms with Gasteiger partial charge in [-0.05, 0) is 37.6 Å². The number of amides is 1. The molecule has 29 heavy (non-hydrogen) atoms. The number of sulfone groups is 1. The molecule has 0 saturated carbocycles. The van der Waals surface area contributed by atoms with Gasteiger partial charge in [-0.1, -0.05) is 30.3 Å². The average molecular weight is 413 g/mol. The molecule has 1 amide bonds. The van der Waals surface area contributed by atoms with Gasteiger partial charge in [0.1, 0.15) is 5.75 Å². The maximum atomic E-state index is 13.1. The molecule has 0 radical (unpaired) electrons. The van der Waals surface area contributed by atoms with Crippen LogP contribution in [0.4, 0.5) is 0 Å². The molecule has 0 heterocycles. The normalized spacial score (nSPS) is 11.8. The number of para-hydroxylation sites is 1. The Balaban J connectivity index is 2.24. The van der Waals surface area contributed by atoms with Crippen LogP contribution in [0.1, 0.15) is 25.0 Å². The molecule has 0 unspecified atom stereocenters. The minimum atomic E-state index is -3.68. The number of benzene rings is 2. The third-order valence-corrected chi connectivity index (χ3v) is 6.13. The molecule has 0 N–H and O–H groups in total. The van der Waals surface area contributed by atoms with E-state index in [9.17, 15) is 13.2 Å². The van der Waals surface area contributed by atoms with Gasteiger partial charge in [0.25, 0.3) is 0 Å². The molecule has 0 bridgehead atoms. The standard InChI is InChI=1S/C22H24N2O4S/c1-22(2,18-10-12-19(13-11-18)29(26,27)15-7-14-23)21(25)24(3)16-17-8-5-6-9-20(17)28-4/h5-13,15H,16H2,1-4H3/b15-7+. The number of nitriles is 1. The van der Waals surface area contributed by atoms with Crippen molar-refractivity contribution in [2.45, 2.75) is 30.7 Å². The van der Waals surface area contributed by atoms with E-state index in [1.165, 1.54) is 12.1 Å². The number of ether oxygens (including phenoxy) is 1. The van der Waals surface area contributed by atoms with Gasteiger partial charge in [0.05, 0.1) is 23.5 Å². The van der Waals surface area contributed by atoms with Crippen molar-refractivity contribution in [2.75, 3.05) is 14.2 Å². The van der Waals surface area contributed by atoms with Crippen molar-refractivity contribution in [3.63, 3.8) is 0 Å². The molecule has 7 heteroatoms. The van der Waals surface area contributed by atoms with Gasteiger partial charge < -0.3 is 9.64 Å². The molecule has 0 aliphatic heterocycles. The summed E-state index contributed by atoms with van der Waals surface area (Å²) in [6.07, 6.45) is 0.920. The van der Waals surface area contributed by atoms with Crippen molar-refractivity contribution in [3.05, 3.63) is 71.1 Å². The molecular weight excluding hydrogens is 388 g/mol. The van der Waals surface area contributed by atoms with Crippen molar-refractivity contribution in [2.24, 2.45) is 0 Å². The number of hydrogen-bond donors (Lipinski definition) is 0. The highest BCUT2D eigenvalue weighted by Crippen LogP contribution is 2.28. The molecule has 0 aliphatic carbocycles. The second-order valence-corrected chi connectivity index (χ2v) is 8.93. The quantitative estimate of drug-likeness (QED) is 0.650. The van der Waals surface area contributed by atoms with Crippen molar-refractivity contribution in [1.82, 2.24) is 4.90 Å². The fourth-order valence-electron chi connectivity index (χ4n) is 3.02. The smallest absolute Gasteiger partial charge is 0.232 e. The van der Waals surface area contributed by atoms with E-state index in [0.717, 1.165) is 17.0 Å². The summed E-state index contributed by atoms with van der Waals surface area (Å²) in [5.41, 5.74) is 0.728. The van der Waals surface area contributed by atoms with Crippen molar-refractivity contribution in [3.8, 4) is 11.8 Å². The van der Waals surface area contributed by atoms with E-state index in [2.05, 4.69) is 0 Å². The maximum absolute atomic E-state index is 13.1. The van der Waals surface area contributed by atoms with Gasteiger partial charge in [-0.3, -0.25) is 4.79 Å². The van der Waals surface area contributed by atoms with Gasteiger partial charge in [0.15, 0.2) is 0 Å². The Bertz CT molecular complexity index is 1050. The van der Waals surface area contributed by atoms with Gasteiger partial charge in [0.2, 0.25) is 15.7 Å². The Labute approximate surface area is 172 Å². The molecule has 0 aliphatic rings. The van der Waals surface area contributed by atoms with Crippen LogP contribution in [0.3, 0.4) is 0 Å². The summed E-state index contributed by atoms with van der Waals surface area (Å²) in [5, 5.41) is 9.39. The number of nitrogens with zero attached hydrogens (tertiary/aromatic N) is 2. The highest BCUT2D eigenvalue weighted by atomic mass is 32.2. The van der Waals surface area contributed by atoms with Crippen LogP contribution >= 0.6 is 0 Å². The van der Waals surface area contributed by atoms with E-state index in [1.807, 2.05) is 24.3 Å². The van der Waals surface area contributed by atoms with Gasteiger partial charge in [0, 0.05) is 30.6 Å². The molecule has 6 nitrogen and oxygen atoms in total. The zero-order valence-corrected chi connectivity index (χ0v) is 17.7. The Morgan fingerprint density at radius 3 is 2.38 bits per heavy atom. The number of allylic oxidation sites excluding steroid dienone is 1. The number of methoxy groups -OCH3 is 1. The molecule has 0 aromatic heterocycles. The van der Waals surface area contributed by atoms with Crippen molar-refractivity contribution in [1.29, 1.82) is 5.26 Å². The number of hydrogen-bond acceptors (Lipinski definition) is 5. The van der Waals surface area contributed by atoms with E-state index in [1.54, 1.807) is 51.1 Å². The van der Waals surface area contributed by atoms with Gasteiger partial charge in [-0.25, -0.2) is 8.42 Å². The molecular formula is C22H24N2O4S. The van der Waals surface area contributed by atoms with Crippen LogP contribution in [0.5, 0.6) is 5.75 Å². The fraction of sp³-hybridized carbons (Fsp3) is 0.273. The Morgan fingerprint density at radius 1 is 1.17 bits per heavy atom. The van der Waals surface area contributed by atoms with Crippen molar-refractivity contribution < 1.29 is 17.9 Å². The monoisotopic (exact) mass is 412 g/mol. The average Bonchev–Trinajstić information content (AvgIpc) is 2.72. The first-order valence-corrected chi connectivity index (χ1v) is 10.5. The summed E-state index contributed by atoms with van der Waals surface area (Å²) in [6.45, 7) is 3.98. The first-order chi connectivity index (χ1) is 13.6. The van der Waals surface area contributed by atoms with Gasteiger partial charge >= 0.3 is 0 Å². The predicted molar refractivity (Wildman–Crippen MR) is 111 cm³/mol. The van der Waals surface area contributed by atoms with Crippen LogP contribution in [0.25, 0.3) is 0 Å². The third-order valence-electron chi connectivity index (χ3n) is 4.71. The number of carbonyl (C=O) groups excluding carboxylic acids is 1. The fourth-order valence-corrected chi connectivity index (χ4v) is 3.93. The second kappa shape index (κ2) is 8.93. The lowest BCUT2D eigenvalue weighted by Gasteiger charge is -2.30. The molecule has 0 saturated heterocycles. The first kappa shape index (κ1) is 22.2. The number of rotatable bonds is 7. The summed E-state index contributed by atoms with van der Waals surface area (Å²) in [6, 6.07) is 15.3. The third kappa shape index (κ3) is 5.04. The lowest BCUT2D eigenvalue weighted by molar-refractivity contribution is -0.135. The highest BCUT2D eigenvalue weighted by molar-refractivity contribution is 7.94. The van der Waals surface area contributed by atoms with E-state index < -0.39 is 15.3 Å². The lowest BCUT2D eigenvalue weighted by atomic mass is 9.83. The molecule has 0 fully saturated rings. The van der Waals surface area contributed by atoms with Gasteiger partial charge in [-0.15, -0.1) is 0 Å². The minimum Gasteiger partial charge on any atom is -0.496 e. The molecule has 2 rings (SSSR count). The highest BCUT2D eigenvalue weighted by Gasteiger charge is 2.33. The topological polar surface area (TPSA) is 87.5 Å². The zero-order chi connectivity index (χ0) is 21.7. The largest absolute Gasteiger partial charge is 0.496 e. The van der Waals surface area contributed by atoms with E-state index >= 15 is 0 Å². The molecule has 0 atom stereocenters. The van der Waals surface area contributed by atoms with E-state index in [0.29, 0.717) is 17.9 Å². The predicted octanol–water partition coefficient (Wildman–Crippen LogP) is 3.44. The van der Waals surface area contributed by atoms with E-state index in [4.69, 9.17) is 10.00 Å². The second-order valence-electron chi connectivity index (χ2n) is 7.10. The maximum Gasteiger partial charge on any atom is 0.232 e. The summed E-state index contributed by atoms with van der Waals surface area (Å²) >= 11 is 0. The Kier molecular flexibility index (Phi) is 6.83. The number of likely N-dealkylation sites (N-methyl/N-ethyl adjacent to an activating group) is 1. The van der Waals surface area contributed by atoms with Crippen molar-refractivity contribution >= 4 is 15.7 Å². The summed E-state index contributed by atoms with van der Waals surface area (Å²) in [4.78, 5) is 14.8. The van der Waals surface area contributed by atoms with Crippen LogP contribution in [0.15, 0.2) is 64.9 Å². The minimum absolute atomic E-state index is 0.0679. The van der Waals surface area contributed by atoms with E-state index in [-0.39, 0.29) is 10.8 Å². The summed E-state index contributed by atoms with van der Waals surface area (Å²) < 4.78 is 29.6. The SMILES string of the molecule is COc1ccccc1CN(C)C(=O)C(C)(C)c1ccc(S(=O)(=O)/C=C/C#N)cc1. The summed E-state index contributed by atoms with van der Waals surface area (Å²) in [7, 11) is -0.368.